The van der Waals surface area contributed by atoms with Crippen LogP contribution in [-0.2, 0) is 6.54 Å². The Bertz CT molecular complexity index is 1360. The van der Waals surface area contributed by atoms with Crippen molar-refractivity contribution in [1.82, 2.24) is 19.9 Å². The Balaban J connectivity index is 1.72. The Morgan fingerprint density at radius 2 is 1.83 bits per heavy atom. The molecule has 0 saturated heterocycles. The second kappa shape index (κ2) is 7.07. The second-order valence-corrected chi connectivity index (χ2v) is 7.11. The molecule has 2 aromatic carbocycles. The molecule has 3 aromatic heterocycles. The molecule has 5 aromatic rings. The van der Waals surface area contributed by atoms with Crippen LogP contribution in [0.5, 0.6) is 0 Å². The SMILES string of the molecule is O=c1[nH]c2cc(Cl)ccc2c(NCc2ccccn2)c1-c1nc2ccccc2[nH]1. The average molecular weight is 402 g/mol. The number of pyridine rings is 2. The number of fused-ring (bicyclic) bond motifs is 2. The highest BCUT2D eigenvalue weighted by Gasteiger charge is 2.18. The normalized spacial score (nSPS) is 11.2. The van der Waals surface area contributed by atoms with Crippen molar-refractivity contribution in [3.8, 4) is 11.4 Å². The molecule has 0 fully saturated rings. The van der Waals surface area contributed by atoms with Gasteiger partial charge in [0.2, 0.25) is 0 Å². The minimum absolute atomic E-state index is 0.248. The number of rotatable bonds is 4. The maximum atomic E-state index is 13.0. The third kappa shape index (κ3) is 3.23. The first-order valence-corrected chi connectivity index (χ1v) is 9.51. The summed E-state index contributed by atoms with van der Waals surface area (Å²) < 4.78 is 0. The van der Waals surface area contributed by atoms with Gasteiger partial charge in [-0.1, -0.05) is 29.8 Å². The lowest BCUT2D eigenvalue weighted by atomic mass is 10.1. The lowest BCUT2D eigenvalue weighted by Crippen LogP contribution is -2.15. The molecule has 5 rings (SSSR count). The number of para-hydroxylation sites is 2. The largest absolute Gasteiger partial charge is 0.378 e. The highest BCUT2D eigenvalue weighted by atomic mass is 35.5. The highest BCUT2D eigenvalue weighted by molar-refractivity contribution is 6.31. The van der Waals surface area contributed by atoms with Crippen LogP contribution in [0, 0.1) is 0 Å². The van der Waals surface area contributed by atoms with E-state index in [1.165, 1.54) is 0 Å². The molecule has 0 radical (unpaired) electrons. The molecule has 0 aliphatic heterocycles. The van der Waals surface area contributed by atoms with Gasteiger partial charge in [0.25, 0.3) is 5.56 Å². The Hall–Kier alpha value is -3.64. The van der Waals surface area contributed by atoms with E-state index in [4.69, 9.17) is 11.6 Å². The molecule has 0 aliphatic carbocycles. The van der Waals surface area contributed by atoms with Gasteiger partial charge >= 0.3 is 0 Å². The summed E-state index contributed by atoms with van der Waals surface area (Å²) in [5.41, 5.74) is 4.08. The van der Waals surface area contributed by atoms with Crippen LogP contribution in [0.15, 0.2) is 71.7 Å². The molecule has 29 heavy (non-hydrogen) atoms. The summed E-state index contributed by atoms with van der Waals surface area (Å²) in [4.78, 5) is 28.2. The molecule has 0 atom stereocenters. The van der Waals surface area contributed by atoms with Crippen molar-refractivity contribution in [3.63, 3.8) is 0 Å². The number of hydrogen-bond acceptors (Lipinski definition) is 4. The van der Waals surface area contributed by atoms with Crippen LogP contribution in [0.1, 0.15) is 5.69 Å². The van der Waals surface area contributed by atoms with Gasteiger partial charge in [0, 0.05) is 16.6 Å². The number of anilines is 1. The van der Waals surface area contributed by atoms with Crippen molar-refractivity contribution in [2.24, 2.45) is 0 Å². The first kappa shape index (κ1) is 17.5. The lowest BCUT2D eigenvalue weighted by molar-refractivity contribution is 1.05. The maximum absolute atomic E-state index is 13.0. The van der Waals surface area contributed by atoms with Crippen LogP contribution in [0.4, 0.5) is 5.69 Å². The minimum atomic E-state index is -0.248. The summed E-state index contributed by atoms with van der Waals surface area (Å²) in [5, 5.41) is 4.79. The maximum Gasteiger partial charge on any atom is 0.261 e. The first-order chi connectivity index (χ1) is 14.2. The number of hydrogen-bond donors (Lipinski definition) is 3. The molecular weight excluding hydrogens is 386 g/mol. The number of halogens is 1. The van der Waals surface area contributed by atoms with Gasteiger partial charge in [-0.3, -0.25) is 9.78 Å². The molecular formula is C22H16ClN5O. The van der Waals surface area contributed by atoms with Crippen LogP contribution in [-0.4, -0.2) is 19.9 Å². The zero-order valence-electron chi connectivity index (χ0n) is 15.2. The topological polar surface area (TPSA) is 86.5 Å². The van der Waals surface area contributed by atoms with Crippen LogP contribution in [0.2, 0.25) is 5.02 Å². The lowest BCUT2D eigenvalue weighted by Gasteiger charge is -2.13. The molecule has 0 aliphatic rings. The van der Waals surface area contributed by atoms with Crippen LogP contribution >= 0.6 is 11.6 Å². The van der Waals surface area contributed by atoms with E-state index in [0.29, 0.717) is 34.2 Å². The van der Waals surface area contributed by atoms with Crippen molar-refractivity contribution >= 4 is 39.2 Å². The van der Waals surface area contributed by atoms with Crippen molar-refractivity contribution in [2.75, 3.05) is 5.32 Å². The van der Waals surface area contributed by atoms with Gasteiger partial charge in [0.05, 0.1) is 34.5 Å². The van der Waals surface area contributed by atoms with Gasteiger partial charge in [-0.2, -0.15) is 0 Å². The predicted molar refractivity (Wildman–Crippen MR) is 116 cm³/mol. The van der Waals surface area contributed by atoms with Gasteiger partial charge in [-0.25, -0.2) is 4.98 Å². The van der Waals surface area contributed by atoms with E-state index in [-0.39, 0.29) is 5.56 Å². The fourth-order valence-corrected chi connectivity index (χ4v) is 3.61. The zero-order valence-corrected chi connectivity index (χ0v) is 16.0. The number of nitrogens with one attached hydrogen (secondary N) is 3. The highest BCUT2D eigenvalue weighted by Crippen LogP contribution is 2.32. The number of nitrogens with zero attached hydrogens (tertiary/aromatic N) is 2. The summed E-state index contributed by atoms with van der Waals surface area (Å²) >= 11 is 6.14. The minimum Gasteiger partial charge on any atom is -0.378 e. The van der Waals surface area contributed by atoms with Crippen LogP contribution in [0.3, 0.4) is 0 Å². The van der Waals surface area contributed by atoms with Gasteiger partial charge in [0.15, 0.2) is 0 Å². The fraction of sp³-hybridized carbons (Fsp3) is 0.0455. The summed E-state index contributed by atoms with van der Waals surface area (Å²) in [7, 11) is 0. The smallest absolute Gasteiger partial charge is 0.261 e. The van der Waals surface area contributed by atoms with Crippen molar-refractivity contribution in [3.05, 3.63) is 87.9 Å². The van der Waals surface area contributed by atoms with E-state index in [9.17, 15) is 4.79 Å². The number of aromatic nitrogens is 4. The van der Waals surface area contributed by atoms with E-state index in [2.05, 4.69) is 25.3 Å². The molecule has 0 unspecified atom stereocenters. The predicted octanol–water partition coefficient (Wildman–Crippen LogP) is 4.73. The van der Waals surface area contributed by atoms with Gasteiger partial charge < -0.3 is 15.3 Å². The standard InChI is InChI=1S/C22H16ClN5O/c23-13-8-9-15-18(11-13)28-22(29)19(20(15)25-12-14-5-3-4-10-24-14)21-26-16-6-1-2-7-17(16)27-21/h1-11H,12H2,(H,26,27)(H2,25,28,29). The van der Waals surface area contributed by atoms with Crippen LogP contribution < -0.4 is 10.9 Å². The van der Waals surface area contributed by atoms with E-state index < -0.39 is 0 Å². The average Bonchev–Trinajstić information content (AvgIpc) is 3.15. The Morgan fingerprint density at radius 1 is 0.966 bits per heavy atom. The van der Waals surface area contributed by atoms with E-state index >= 15 is 0 Å². The van der Waals surface area contributed by atoms with Gasteiger partial charge in [0.1, 0.15) is 11.4 Å². The summed E-state index contributed by atoms with van der Waals surface area (Å²) in [6.07, 6.45) is 1.74. The molecule has 0 saturated carbocycles. The second-order valence-electron chi connectivity index (χ2n) is 6.67. The van der Waals surface area contributed by atoms with Gasteiger partial charge in [-0.05, 0) is 42.5 Å². The molecule has 0 amide bonds. The number of aromatic amines is 2. The molecule has 3 N–H and O–H groups in total. The zero-order chi connectivity index (χ0) is 19.8. The number of H-pyrrole nitrogens is 2. The molecule has 6 nitrogen and oxygen atoms in total. The van der Waals surface area contributed by atoms with Crippen molar-refractivity contribution < 1.29 is 0 Å². The van der Waals surface area contributed by atoms with Crippen molar-refractivity contribution in [2.45, 2.75) is 6.54 Å². The summed E-state index contributed by atoms with van der Waals surface area (Å²) in [6, 6.07) is 18.8. The van der Waals surface area contributed by atoms with E-state index in [1.807, 2.05) is 48.5 Å². The van der Waals surface area contributed by atoms with E-state index in [0.717, 1.165) is 22.1 Å². The van der Waals surface area contributed by atoms with E-state index in [1.54, 1.807) is 18.3 Å². The quantitative estimate of drug-likeness (QED) is 0.406. The first-order valence-electron chi connectivity index (χ1n) is 9.13. The fourth-order valence-electron chi connectivity index (χ4n) is 3.43. The Labute approximate surface area is 170 Å². The molecule has 3 heterocycles. The van der Waals surface area contributed by atoms with Gasteiger partial charge in [-0.15, -0.1) is 0 Å². The summed E-state index contributed by atoms with van der Waals surface area (Å²) in [6.45, 7) is 0.468. The number of benzene rings is 2. The Morgan fingerprint density at radius 3 is 2.66 bits per heavy atom. The summed E-state index contributed by atoms with van der Waals surface area (Å²) in [5.74, 6) is 0.507. The molecule has 0 bridgehead atoms. The third-order valence-electron chi connectivity index (χ3n) is 4.77. The van der Waals surface area contributed by atoms with Crippen LogP contribution in [0.25, 0.3) is 33.3 Å². The molecule has 7 heteroatoms. The third-order valence-corrected chi connectivity index (χ3v) is 5.01. The van der Waals surface area contributed by atoms with Crippen molar-refractivity contribution in [1.29, 1.82) is 0 Å². The number of imidazole rings is 1. The molecule has 0 spiro atoms. The Kier molecular flexibility index (Phi) is 4.26. The molecule has 142 valence electrons. The monoisotopic (exact) mass is 401 g/mol.